The van der Waals surface area contributed by atoms with Crippen LogP contribution in [0.15, 0.2) is 158 Å². The van der Waals surface area contributed by atoms with Crippen LogP contribution in [0.4, 0.5) is 0 Å². The molecule has 264 valence electrons. The van der Waals surface area contributed by atoms with Crippen LogP contribution in [-0.4, -0.2) is 23.9 Å². The second kappa shape index (κ2) is 13.5. The SMILES string of the molecule is CC(C)c1cccc(C(C)C)c1-c1c(-c2ccccc2)nn(-c2ccc3c4ccccc4n(-c4cccc(-c5nccn5C)c4)c3c2)c1-c1ccccc1. The van der Waals surface area contributed by atoms with Gasteiger partial charge in [-0.1, -0.05) is 143 Å². The van der Waals surface area contributed by atoms with Crippen LogP contribution in [0.1, 0.15) is 50.7 Å². The lowest BCUT2D eigenvalue weighted by atomic mass is 9.82. The van der Waals surface area contributed by atoms with Crippen LogP contribution < -0.4 is 0 Å². The van der Waals surface area contributed by atoms with Crippen molar-refractivity contribution in [2.24, 2.45) is 7.05 Å². The molecule has 0 aliphatic rings. The number of hydrogen-bond donors (Lipinski definition) is 0. The van der Waals surface area contributed by atoms with Gasteiger partial charge in [-0.25, -0.2) is 9.67 Å². The highest BCUT2D eigenvalue weighted by atomic mass is 15.3. The minimum atomic E-state index is 0.322. The van der Waals surface area contributed by atoms with E-state index in [4.69, 9.17) is 5.10 Å². The van der Waals surface area contributed by atoms with E-state index in [2.05, 4.69) is 192 Å². The first-order chi connectivity index (χ1) is 26.4. The molecule has 5 nitrogen and oxygen atoms in total. The molecular weight excluding hydrogens is 659 g/mol. The highest BCUT2D eigenvalue weighted by Gasteiger charge is 2.28. The Balaban J connectivity index is 1.37. The first kappa shape index (κ1) is 33.4. The average Bonchev–Trinajstić information content (AvgIpc) is 3.91. The average molecular weight is 702 g/mol. The number of benzene rings is 6. The monoisotopic (exact) mass is 701 g/mol. The van der Waals surface area contributed by atoms with Gasteiger partial charge in [-0.15, -0.1) is 0 Å². The van der Waals surface area contributed by atoms with Gasteiger partial charge in [-0.3, -0.25) is 0 Å². The van der Waals surface area contributed by atoms with Crippen LogP contribution in [0.5, 0.6) is 0 Å². The van der Waals surface area contributed by atoms with E-state index in [0.29, 0.717) is 11.8 Å². The Morgan fingerprint density at radius 3 is 1.83 bits per heavy atom. The lowest BCUT2D eigenvalue weighted by molar-refractivity contribution is 0.838. The molecule has 3 aromatic heterocycles. The molecule has 6 aromatic carbocycles. The Morgan fingerprint density at radius 2 is 1.15 bits per heavy atom. The number of aryl methyl sites for hydroxylation is 1. The fourth-order valence-electron chi connectivity index (χ4n) is 8.14. The van der Waals surface area contributed by atoms with Crippen LogP contribution in [-0.2, 0) is 7.05 Å². The summed E-state index contributed by atoms with van der Waals surface area (Å²) in [6.07, 6.45) is 3.84. The Labute approximate surface area is 316 Å². The molecule has 0 aliphatic heterocycles. The number of hydrogen-bond acceptors (Lipinski definition) is 2. The van der Waals surface area contributed by atoms with Crippen molar-refractivity contribution in [3.05, 3.63) is 169 Å². The van der Waals surface area contributed by atoms with Crippen LogP contribution in [0.3, 0.4) is 0 Å². The third kappa shape index (κ3) is 5.55. The smallest absolute Gasteiger partial charge is 0.139 e. The summed E-state index contributed by atoms with van der Waals surface area (Å²) in [7, 11) is 2.04. The van der Waals surface area contributed by atoms with Crippen molar-refractivity contribution in [1.29, 1.82) is 0 Å². The van der Waals surface area contributed by atoms with E-state index in [9.17, 15) is 0 Å². The molecule has 0 spiro atoms. The first-order valence-corrected chi connectivity index (χ1v) is 18.9. The van der Waals surface area contributed by atoms with Gasteiger partial charge in [0.2, 0.25) is 0 Å². The number of fused-ring (bicyclic) bond motifs is 3. The Hall–Kier alpha value is -6.46. The lowest BCUT2D eigenvalue weighted by Gasteiger charge is -2.21. The molecule has 0 radical (unpaired) electrons. The first-order valence-electron chi connectivity index (χ1n) is 18.9. The van der Waals surface area contributed by atoms with Gasteiger partial charge < -0.3 is 9.13 Å². The maximum atomic E-state index is 5.62. The molecule has 0 aliphatic carbocycles. The highest BCUT2D eigenvalue weighted by Crippen LogP contribution is 2.47. The summed E-state index contributed by atoms with van der Waals surface area (Å²) in [5, 5.41) is 8.03. The second-order valence-electron chi connectivity index (χ2n) is 14.8. The quantitative estimate of drug-likeness (QED) is 0.158. The minimum absolute atomic E-state index is 0.322. The summed E-state index contributed by atoms with van der Waals surface area (Å²) in [5.41, 5.74) is 14.8. The summed E-state index contributed by atoms with van der Waals surface area (Å²) in [6, 6.07) is 52.5. The molecule has 3 heterocycles. The van der Waals surface area contributed by atoms with Crippen molar-refractivity contribution in [2.75, 3.05) is 0 Å². The molecule has 0 unspecified atom stereocenters. The molecule has 0 N–H and O–H groups in total. The number of nitrogens with zero attached hydrogens (tertiary/aromatic N) is 5. The van der Waals surface area contributed by atoms with Crippen molar-refractivity contribution < 1.29 is 0 Å². The Morgan fingerprint density at radius 1 is 0.519 bits per heavy atom. The van der Waals surface area contributed by atoms with Crippen LogP contribution in [0, 0.1) is 0 Å². The minimum Gasteiger partial charge on any atom is -0.334 e. The van der Waals surface area contributed by atoms with Crippen molar-refractivity contribution in [2.45, 2.75) is 39.5 Å². The number of rotatable bonds is 8. The lowest BCUT2D eigenvalue weighted by Crippen LogP contribution is -2.03. The Kier molecular flexibility index (Phi) is 8.35. The molecule has 0 saturated heterocycles. The van der Waals surface area contributed by atoms with Gasteiger partial charge in [-0.05, 0) is 58.9 Å². The van der Waals surface area contributed by atoms with Gasteiger partial charge in [0.05, 0.1) is 22.4 Å². The van der Waals surface area contributed by atoms with Gasteiger partial charge in [0.25, 0.3) is 0 Å². The normalized spacial score (nSPS) is 11.8. The van der Waals surface area contributed by atoms with Gasteiger partial charge in [-0.2, -0.15) is 5.10 Å². The van der Waals surface area contributed by atoms with Crippen molar-refractivity contribution >= 4 is 21.8 Å². The fourth-order valence-corrected chi connectivity index (χ4v) is 8.14. The summed E-state index contributed by atoms with van der Waals surface area (Å²) in [6.45, 7) is 9.20. The molecule has 0 bridgehead atoms. The van der Waals surface area contributed by atoms with Crippen LogP contribution >= 0.6 is 0 Å². The summed E-state index contributed by atoms with van der Waals surface area (Å²) in [4.78, 5) is 4.66. The summed E-state index contributed by atoms with van der Waals surface area (Å²) >= 11 is 0. The topological polar surface area (TPSA) is 40.6 Å². The van der Waals surface area contributed by atoms with Gasteiger partial charge in [0.15, 0.2) is 0 Å². The molecule has 0 atom stereocenters. The van der Waals surface area contributed by atoms with Gasteiger partial charge in [0.1, 0.15) is 11.5 Å². The zero-order chi connectivity index (χ0) is 36.9. The van der Waals surface area contributed by atoms with E-state index in [-0.39, 0.29) is 0 Å². The highest BCUT2D eigenvalue weighted by molar-refractivity contribution is 6.10. The molecule has 54 heavy (non-hydrogen) atoms. The predicted molar refractivity (Wildman–Crippen MR) is 225 cm³/mol. The van der Waals surface area contributed by atoms with Gasteiger partial charge in [0, 0.05) is 58.2 Å². The van der Waals surface area contributed by atoms with Crippen molar-refractivity contribution in [3.8, 4) is 56.4 Å². The summed E-state index contributed by atoms with van der Waals surface area (Å²) < 4.78 is 6.65. The van der Waals surface area contributed by atoms with E-state index in [1.807, 2.05) is 19.4 Å². The molecule has 9 rings (SSSR count). The third-order valence-corrected chi connectivity index (χ3v) is 10.7. The van der Waals surface area contributed by atoms with E-state index >= 15 is 0 Å². The van der Waals surface area contributed by atoms with Crippen LogP contribution in [0.25, 0.3) is 78.2 Å². The maximum Gasteiger partial charge on any atom is 0.139 e. The standard InChI is InChI=1S/C49H43N5/c1-32(2)39-23-15-24-40(33(3)4)45(39)46-47(34-16-8-6-9-17-34)51-54(48(46)35-18-10-7-11-19-35)38-26-27-42-41-22-12-13-25-43(41)53(44(42)31-38)37-21-14-20-36(30-37)49-50-28-29-52(49)5/h6-33H,1-5H3. The van der Waals surface area contributed by atoms with Crippen LogP contribution in [0.2, 0.25) is 0 Å². The molecule has 0 fully saturated rings. The van der Waals surface area contributed by atoms with E-state index in [1.165, 1.54) is 33.0 Å². The fraction of sp³-hybridized carbons (Fsp3) is 0.143. The molecule has 9 aromatic rings. The number of imidazole rings is 1. The summed E-state index contributed by atoms with van der Waals surface area (Å²) in [5.74, 6) is 1.58. The van der Waals surface area contributed by atoms with E-state index in [0.717, 1.165) is 56.3 Å². The predicted octanol–water partition coefficient (Wildman–Crippen LogP) is 12.6. The number of para-hydroxylation sites is 1. The zero-order valence-electron chi connectivity index (χ0n) is 31.4. The zero-order valence-corrected chi connectivity index (χ0v) is 31.4. The largest absolute Gasteiger partial charge is 0.334 e. The molecular formula is C49H43N5. The number of aromatic nitrogens is 5. The Bertz CT molecular complexity index is 2750. The van der Waals surface area contributed by atoms with Crippen molar-refractivity contribution in [1.82, 2.24) is 23.9 Å². The molecule has 5 heteroatoms. The maximum absolute atomic E-state index is 5.62. The second-order valence-corrected chi connectivity index (χ2v) is 14.8. The molecule has 0 saturated carbocycles. The third-order valence-electron chi connectivity index (χ3n) is 10.7. The van der Waals surface area contributed by atoms with E-state index in [1.54, 1.807) is 0 Å². The molecule has 0 amide bonds. The van der Waals surface area contributed by atoms with Gasteiger partial charge >= 0.3 is 0 Å². The van der Waals surface area contributed by atoms with E-state index < -0.39 is 0 Å². The van der Waals surface area contributed by atoms with Crippen molar-refractivity contribution in [3.63, 3.8) is 0 Å².